The molecular weight excluding hydrogens is 302 g/mol. The van der Waals surface area contributed by atoms with Crippen LogP contribution in [0.2, 0.25) is 0 Å². The summed E-state index contributed by atoms with van der Waals surface area (Å²) in [5.74, 6) is -2.72. The van der Waals surface area contributed by atoms with Gasteiger partial charge in [0.1, 0.15) is 25.2 Å². The molecule has 0 saturated carbocycles. The zero-order chi connectivity index (χ0) is 17.0. The lowest BCUT2D eigenvalue weighted by Crippen LogP contribution is -2.34. The van der Waals surface area contributed by atoms with Crippen LogP contribution in [0.25, 0.3) is 0 Å². The summed E-state index contributed by atoms with van der Waals surface area (Å²) in [5, 5.41) is 28.2. The highest BCUT2D eigenvalue weighted by Crippen LogP contribution is 2.06. The van der Waals surface area contributed by atoms with Crippen LogP contribution in [0.15, 0.2) is 0 Å². The molecule has 22 heavy (non-hydrogen) atoms. The second-order valence-corrected chi connectivity index (χ2v) is 4.27. The Hall–Kier alpha value is -2.04. The number of carboxylic acid groups (broad SMARTS) is 1. The molecule has 1 aliphatic rings. The first-order valence-corrected chi connectivity index (χ1v) is 6.44. The predicted octanol–water partition coefficient (Wildman–Crippen LogP) is -2.20. The maximum absolute atomic E-state index is 11.2. The highest BCUT2D eigenvalue weighted by molar-refractivity contribution is 5.92. The number of carboxylic acids is 1. The molecule has 0 amide bonds. The van der Waals surface area contributed by atoms with Crippen LogP contribution in [0.5, 0.6) is 0 Å². The number of carbonyl (C=O) groups is 4. The zero-order valence-corrected chi connectivity index (χ0v) is 11.8. The van der Waals surface area contributed by atoms with Crippen molar-refractivity contribution in [2.45, 2.75) is 31.4 Å². The first-order chi connectivity index (χ1) is 10.4. The fourth-order valence-corrected chi connectivity index (χ4v) is 1.44. The van der Waals surface area contributed by atoms with Crippen LogP contribution in [-0.2, 0) is 28.7 Å². The van der Waals surface area contributed by atoms with Crippen LogP contribution in [0, 0.1) is 0 Å². The molecule has 0 aliphatic carbocycles. The summed E-state index contributed by atoms with van der Waals surface area (Å²) in [4.78, 5) is 40.2. The number of rotatable bonds is 7. The number of aliphatic carboxylic acids is 1. The molecule has 0 bridgehead atoms. The summed E-state index contributed by atoms with van der Waals surface area (Å²) in [6.07, 6.45) is 0.0140. The Morgan fingerprint density at radius 1 is 1.36 bits per heavy atom. The van der Waals surface area contributed by atoms with E-state index in [-0.39, 0.29) is 31.7 Å². The van der Waals surface area contributed by atoms with Crippen molar-refractivity contribution in [3.05, 3.63) is 0 Å². The molecule has 1 heterocycles. The first kappa shape index (κ1) is 20.0. The van der Waals surface area contributed by atoms with Crippen molar-refractivity contribution in [2.75, 3.05) is 19.8 Å². The summed E-state index contributed by atoms with van der Waals surface area (Å²) in [6, 6.07) is -0.231. The van der Waals surface area contributed by atoms with Gasteiger partial charge in [-0.05, 0) is 19.4 Å². The summed E-state index contributed by atoms with van der Waals surface area (Å²) in [5.41, 5.74) is 0. The minimum Gasteiger partial charge on any atom is -0.481 e. The summed E-state index contributed by atoms with van der Waals surface area (Å²) in [7, 11) is 0. The Labute approximate surface area is 126 Å². The number of esters is 2. The van der Waals surface area contributed by atoms with Crippen LogP contribution in [0.4, 0.5) is 0 Å². The van der Waals surface area contributed by atoms with Gasteiger partial charge in [-0.3, -0.25) is 19.2 Å². The molecule has 1 unspecified atom stereocenters. The Morgan fingerprint density at radius 3 is 2.50 bits per heavy atom. The quantitative estimate of drug-likeness (QED) is 0.230. The van der Waals surface area contributed by atoms with E-state index >= 15 is 0 Å². The van der Waals surface area contributed by atoms with Crippen LogP contribution in [0.3, 0.4) is 0 Å². The van der Waals surface area contributed by atoms with E-state index in [2.05, 4.69) is 10.1 Å². The number of aliphatic hydroxyl groups is 2. The summed E-state index contributed by atoms with van der Waals surface area (Å²) >= 11 is 0. The molecule has 0 radical (unpaired) electrons. The van der Waals surface area contributed by atoms with Crippen molar-refractivity contribution in [3.8, 4) is 0 Å². The van der Waals surface area contributed by atoms with Crippen molar-refractivity contribution >= 4 is 24.4 Å². The van der Waals surface area contributed by atoms with E-state index in [9.17, 15) is 19.2 Å². The molecule has 1 saturated heterocycles. The Morgan fingerprint density at radius 2 is 2.05 bits per heavy atom. The highest BCUT2D eigenvalue weighted by atomic mass is 16.6. The minimum atomic E-state index is -1.32. The molecule has 0 spiro atoms. The van der Waals surface area contributed by atoms with Crippen LogP contribution >= 0.6 is 0 Å². The van der Waals surface area contributed by atoms with Crippen LogP contribution in [0.1, 0.15) is 19.3 Å². The lowest BCUT2D eigenvalue weighted by molar-refractivity contribution is -0.155. The van der Waals surface area contributed by atoms with Crippen LogP contribution in [-0.4, -0.2) is 71.6 Å². The molecule has 1 rings (SSSR count). The highest BCUT2D eigenvalue weighted by Gasteiger charge is 2.23. The van der Waals surface area contributed by atoms with E-state index in [1.165, 1.54) is 0 Å². The second kappa shape index (κ2) is 11.6. The number of nitrogens with one attached hydrogen (secondary N) is 1. The number of carbonyl (C=O) groups excluding carboxylic acids is 3. The lowest BCUT2D eigenvalue weighted by Gasteiger charge is -2.12. The SMILES string of the molecule is O=C(OCC(O)CO)[C@@H]1CCCN1.O=COC(=O)CC(=O)O. The van der Waals surface area contributed by atoms with Gasteiger partial charge in [-0.1, -0.05) is 0 Å². The van der Waals surface area contributed by atoms with Crippen LogP contribution < -0.4 is 5.32 Å². The average Bonchev–Trinajstić information content (AvgIpc) is 2.98. The number of aliphatic hydroxyl groups excluding tert-OH is 2. The topological polar surface area (TPSA) is 159 Å². The molecule has 10 heteroatoms. The van der Waals surface area contributed by atoms with Gasteiger partial charge in [0.2, 0.25) is 0 Å². The molecular formula is C12H19NO9. The van der Waals surface area contributed by atoms with Gasteiger partial charge < -0.3 is 30.1 Å². The smallest absolute Gasteiger partial charge is 0.324 e. The molecule has 1 aliphatic heterocycles. The van der Waals surface area contributed by atoms with E-state index < -0.39 is 24.5 Å². The molecule has 1 fully saturated rings. The van der Waals surface area contributed by atoms with Crippen molar-refractivity contribution < 1.29 is 44.0 Å². The third-order valence-corrected chi connectivity index (χ3v) is 2.45. The van der Waals surface area contributed by atoms with Gasteiger partial charge in [-0.15, -0.1) is 0 Å². The second-order valence-electron chi connectivity index (χ2n) is 4.27. The van der Waals surface area contributed by atoms with E-state index in [0.717, 1.165) is 19.4 Å². The van der Waals surface area contributed by atoms with Crippen molar-refractivity contribution in [3.63, 3.8) is 0 Å². The number of hydrogen-bond acceptors (Lipinski definition) is 9. The molecule has 0 aromatic carbocycles. The predicted molar refractivity (Wildman–Crippen MR) is 69.5 cm³/mol. The Kier molecular flexibility index (Phi) is 10.5. The van der Waals surface area contributed by atoms with E-state index in [1.807, 2.05) is 0 Å². The van der Waals surface area contributed by atoms with E-state index in [4.69, 9.17) is 20.1 Å². The fraction of sp³-hybridized carbons (Fsp3) is 0.667. The first-order valence-electron chi connectivity index (χ1n) is 6.44. The normalized spacial score (nSPS) is 17.6. The Balaban J connectivity index is 0.000000433. The average molecular weight is 321 g/mol. The molecule has 4 N–H and O–H groups in total. The fourth-order valence-electron chi connectivity index (χ4n) is 1.44. The van der Waals surface area contributed by atoms with Crippen molar-refractivity contribution in [2.24, 2.45) is 0 Å². The van der Waals surface area contributed by atoms with E-state index in [0.29, 0.717) is 0 Å². The minimum absolute atomic E-state index is 0.106. The van der Waals surface area contributed by atoms with Gasteiger partial charge >= 0.3 is 24.4 Å². The summed E-state index contributed by atoms with van der Waals surface area (Å²) < 4.78 is 8.42. The molecule has 0 aromatic heterocycles. The third-order valence-electron chi connectivity index (χ3n) is 2.45. The molecule has 126 valence electrons. The summed E-state index contributed by atoms with van der Waals surface area (Å²) in [6.45, 7) is 0.215. The maximum atomic E-state index is 11.2. The molecule has 0 aromatic rings. The molecule has 10 nitrogen and oxygen atoms in total. The van der Waals surface area contributed by atoms with Crippen molar-refractivity contribution in [1.82, 2.24) is 5.32 Å². The van der Waals surface area contributed by atoms with Gasteiger partial charge in [0.25, 0.3) is 0 Å². The Bertz CT molecular complexity index is 379. The van der Waals surface area contributed by atoms with E-state index in [1.54, 1.807) is 0 Å². The van der Waals surface area contributed by atoms with Gasteiger partial charge in [0.15, 0.2) is 0 Å². The van der Waals surface area contributed by atoms with Gasteiger partial charge in [-0.2, -0.15) is 0 Å². The maximum Gasteiger partial charge on any atom is 0.324 e. The van der Waals surface area contributed by atoms with Crippen molar-refractivity contribution in [1.29, 1.82) is 0 Å². The van der Waals surface area contributed by atoms with Gasteiger partial charge in [0, 0.05) is 0 Å². The lowest BCUT2D eigenvalue weighted by atomic mass is 10.2. The monoisotopic (exact) mass is 321 g/mol. The standard InChI is InChI=1S/C8H15NO4.C4H4O5/c10-4-6(11)5-13-8(12)7-2-1-3-9-7;5-2-9-4(8)1-3(6)7/h6-7,9-11H,1-5H2;2H,1H2,(H,6,7)/t6?,7-;/m0./s1. The van der Waals surface area contributed by atoms with Gasteiger partial charge in [0.05, 0.1) is 6.61 Å². The third kappa shape index (κ3) is 9.80. The number of ether oxygens (including phenoxy) is 2. The largest absolute Gasteiger partial charge is 0.481 e. The number of hydrogen-bond donors (Lipinski definition) is 4. The zero-order valence-electron chi connectivity index (χ0n) is 11.8. The van der Waals surface area contributed by atoms with Gasteiger partial charge in [-0.25, -0.2) is 0 Å². The molecule has 2 atom stereocenters.